The van der Waals surface area contributed by atoms with Crippen molar-refractivity contribution in [3.8, 4) is 0 Å². The van der Waals surface area contributed by atoms with Gasteiger partial charge in [-0.25, -0.2) is 4.79 Å². The molecule has 1 aliphatic heterocycles. The van der Waals surface area contributed by atoms with Crippen LogP contribution in [0, 0.1) is 0 Å². The van der Waals surface area contributed by atoms with E-state index in [0.717, 1.165) is 19.6 Å². The molecule has 0 spiro atoms. The van der Waals surface area contributed by atoms with Crippen molar-refractivity contribution in [3.63, 3.8) is 0 Å². The number of hydrogen-bond acceptors (Lipinski definition) is 2. The van der Waals surface area contributed by atoms with Gasteiger partial charge in [0.05, 0.1) is 0 Å². The van der Waals surface area contributed by atoms with Gasteiger partial charge in [-0.2, -0.15) is 0 Å². The summed E-state index contributed by atoms with van der Waals surface area (Å²) < 4.78 is 0. The van der Waals surface area contributed by atoms with Gasteiger partial charge in [-0.15, -0.1) is 0 Å². The summed E-state index contributed by atoms with van der Waals surface area (Å²) in [5.41, 5.74) is 0.446. The minimum absolute atomic E-state index is 0.446. The van der Waals surface area contributed by atoms with Crippen LogP contribution in [-0.2, 0) is 4.79 Å². The van der Waals surface area contributed by atoms with E-state index in [-0.39, 0.29) is 0 Å². The van der Waals surface area contributed by atoms with Gasteiger partial charge in [0.2, 0.25) is 0 Å². The molecule has 1 rings (SSSR count). The topological polar surface area (TPSA) is 40.5 Å². The molecule has 0 aromatic rings. The molecule has 12 heavy (non-hydrogen) atoms. The Bertz CT molecular complexity index is 193. The minimum Gasteiger partial charge on any atom is -0.478 e. The first-order valence-electron chi connectivity index (χ1n) is 4.32. The van der Waals surface area contributed by atoms with Crippen molar-refractivity contribution in [2.75, 3.05) is 19.6 Å². The molecule has 1 aliphatic rings. The number of carboxylic acid groups (broad SMARTS) is 1. The average Bonchev–Trinajstić information content (AvgIpc) is 2.51. The number of aliphatic carboxylic acids is 1. The van der Waals surface area contributed by atoms with E-state index in [2.05, 4.69) is 4.90 Å². The van der Waals surface area contributed by atoms with Crippen LogP contribution in [0.5, 0.6) is 0 Å². The highest BCUT2D eigenvalue weighted by Gasteiger charge is 2.09. The molecule has 0 radical (unpaired) electrons. The maximum atomic E-state index is 10.4. The van der Waals surface area contributed by atoms with E-state index in [1.165, 1.54) is 12.8 Å². The fourth-order valence-electron chi connectivity index (χ4n) is 1.32. The maximum absolute atomic E-state index is 10.4. The second-order valence-electron chi connectivity index (χ2n) is 3.20. The monoisotopic (exact) mass is 169 g/mol. The third kappa shape index (κ3) is 2.66. The normalized spacial score (nSPS) is 19.9. The first-order chi connectivity index (χ1) is 5.70. The minimum atomic E-state index is -0.811. The third-order valence-electron chi connectivity index (χ3n) is 2.19. The summed E-state index contributed by atoms with van der Waals surface area (Å²) in [6, 6.07) is 0. The largest absolute Gasteiger partial charge is 0.478 e. The lowest BCUT2D eigenvalue weighted by Gasteiger charge is -2.10. The van der Waals surface area contributed by atoms with Crippen molar-refractivity contribution in [3.05, 3.63) is 11.6 Å². The predicted molar refractivity (Wildman–Crippen MR) is 47.1 cm³/mol. The summed E-state index contributed by atoms with van der Waals surface area (Å²) in [5.74, 6) is -0.811. The van der Waals surface area contributed by atoms with Crippen LogP contribution in [0.25, 0.3) is 0 Å². The molecular formula is C9H15NO2. The van der Waals surface area contributed by atoms with Gasteiger partial charge in [0, 0.05) is 12.1 Å². The van der Waals surface area contributed by atoms with E-state index >= 15 is 0 Å². The number of carbonyl (C=O) groups is 1. The summed E-state index contributed by atoms with van der Waals surface area (Å²) in [4.78, 5) is 12.7. The standard InChI is InChI=1S/C9H15NO2/c1-8(9(11)12)4-7-10-5-2-3-6-10/h4H,2-3,5-7H2,1H3,(H,11,12)/b8-4+. The smallest absolute Gasteiger partial charge is 0.330 e. The van der Waals surface area contributed by atoms with Crippen LogP contribution >= 0.6 is 0 Å². The highest BCUT2D eigenvalue weighted by atomic mass is 16.4. The molecule has 0 aromatic heterocycles. The van der Waals surface area contributed by atoms with Crippen LogP contribution in [0.3, 0.4) is 0 Å². The summed E-state index contributed by atoms with van der Waals surface area (Å²) in [7, 11) is 0. The Labute approximate surface area is 72.7 Å². The van der Waals surface area contributed by atoms with Gasteiger partial charge in [-0.3, -0.25) is 4.90 Å². The van der Waals surface area contributed by atoms with Crippen molar-refractivity contribution in [2.24, 2.45) is 0 Å². The second-order valence-corrected chi connectivity index (χ2v) is 3.20. The Kier molecular flexibility index (Phi) is 3.29. The highest BCUT2D eigenvalue weighted by Crippen LogP contribution is 2.07. The molecule has 0 amide bonds. The van der Waals surface area contributed by atoms with Crippen LogP contribution in [0.2, 0.25) is 0 Å². The van der Waals surface area contributed by atoms with E-state index in [4.69, 9.17) is 5.11 Å². The molecule has 1 saturated heterocycles. The second kappa shape index (κ2) is 4.26. The number of nitrogens with zero attached hydrogens (tertiary/aromatic N) is 1. The van der Waals surface area contributed by atoms with Gasteiger partial charge in [0.15, 0.2) is 0 Å². The van der Waals surface area contributed by atoms with Crippen LogP contribution < -0.4 is 0 Å². The van der Waals surface area contributed by atoms with Gasteiger partial charge in [0.25, 0.3) is 0 Å². The lowest BCUT2D eigenvalue weighted by Crippen LogP contribution is -2.19. The molecule has 0 unspecified atom stereocenters. The molecule has 0 atom stereocenters. The Hall–Kier alpha value is -0.830. The van der Waals surface area contributed by atoms with Crippen LogP contribution in [0.4, 0.5) is 0 Å². The Morgan fingerprint density at radius 1 is 1.50 bits per heavy atom. The maximum Gasteiger partial charge on any atom is 0.330 e. The zero-order chi connectivity index (χ0) is 8.97. The fraction of sp³-hybridized carbons (Fsp3) is 0.667. The van der Waals surface area contributed by atoms with Crippen LogP contribution in [0.15, 0.2) is 11.6 Å². The Morgan fingerprint density at radius 2 is 2.08 bits per heavy atom. The number of hydrogen-bond donors (Lipinski definition) is 1. The Morgan fingerprint density at radius 3 is 2.58 bits per heavy atom. The van der Waals surface area contributed by atoms with Gasteiger partial charge >= 0.3 is 5.97 Å². The van der Waals surface area contributed by atoms with Crippen molar-refractivity contribution < 1.29 is 9.90 Å². The molecular weight excluding hydrogens is 154 g/mol. The van der Waals surface area contributed by atoms with E-state index < -0.39 is 5.97 Å². The lowest BCUT2D eigenvalue weighted by molar-refractivity contribution is -0.132. The predicted octanol–water partition coefficient (Wildman–Crippen LogP) is 1.11. The molecule has 0 bridgehead atoms. The van der Waals surface area contributed by atoms with Gasteiger partial charge < -0.3 is 5.11 Å². The van der Waals surface area contributed by atoms with Crippen molar-refractivity contribution in [1.29, 1.82) is 0 Å². The summed E-state index contributed by atoms with van der Waals surface area (Å²) in [6.07, 6.45) is 4.29. The number of rotatable bonds is 3. The number of carboxylic acids is 1. The van der Waals surface area contributed by atoms with Crippen LogP contribution in [0.1, 0.15) is 19.8 Å². The molecule has 1 heterocycles. The third-order valence-corrected chi connectivity index (χ3v) is 2.19. The quantitative estimate of drug-likeness (QED) is 0.643. The zero-order valence-electron chi connectivity index (χ0n) is 7.42. The van der Waals surface area contributed by atoms with Gasteiger partial charge in [0.1, 0.15) is 0 Å². The molecule has 0 aromatic carbocycles. The average molecular weight is 169 g/mol. The first kappa shape index (κ1) is 9.26. The fourth-order valence-corrected chi connectivity index (χ4v) is 1.32. The van der Waals surface area contributed by atoms with Gasteiger partial charge in [-0.1, -0.05) is 6.08 Å². The summed E-state index contributed by atoms with van der Waals surface area (Å²) >= 11 is 0. The number of likely N-dealkylation sites (tertiary alicyclic amines) is 1. The molecule has 0 saturated carbocycles. The molecule has 0 aliphatic carbocycles. The van der Waals surface area contributed by atoms with E-state index in [1.54, 1.807) is 13.0 Å². The summed E-state index contributed by atoms with van der Waals surface area (Å²) in [6.45, 7) is 4.66. The molecule has 3 heteroatoms. The van der Waals surface area contributed by atoms with E-state index in [9.17, 15) is 4.79 Å². The molecule has 1 N–H and O–H groups in total. The molecule has 1 fully saturated rings. The zero-order valence-corrected chi connectivity index (χ0v) is 7.42. The highest BCUT2D eigenvalue weighted by molar-refractivity contribution is 5.85. The van der Waals surface area contributed by atoms with Crippen molar-refractivity contribution in [2.45, 2.75) is 19.8 Å². The van der Waals surface area contributed by atoms with Crippen LogP contribution in [-0.4, -0.2) is 35.6 Å². The van der Waals surface area contributed by atoms with Gasteiger partial charge in [-0.05, 0) is 32.9 Å². The SMILES string of the molecule is C/C(=C\CN1CCCC1)C(=O)O. The lowest BCUT2D eigenvalue weighted by atomic mass is 10.3. The van der Waals surface area contributed by atoms with E-state index in [0.29, 0.717) is 5.57 Å². The van der Waals surface area contributed by atoms with E-state index in [1.807, 2.05) is 0 Å². The van der Waals surface area contributed by atoms with Crippen molar-refractivity contribution in [1.82, 2.24) is 4.90 Å². The first-order valence-corrected chi connectivity index (χ1v) is 4.32. The van der Waals surface area contributed by atoms with Crippen molar-refractivity contribution >= 4 is 5.97 Å². The molecule has 3 nitrogen and oxygen atoms in total. The summed E-state index contributed by atoms with van der Waals surface area (Å²) in [5, 5.41) is 8.57. The molecule has 68 valence electrons. The Balaban J connectivity index is 2.31.